The monoisotopic (exact) mass is 556 g/mol. The highest BCUT2D eigenvalue weighted by molar-refractivity contribution is 6.27. The van der Waals surface area contributed by atoms with Crippen molar-refractivity contribution in [1.82, 2.24) is 10.2 Å². The summed E-state index contributed by atoms with van der Waals surface area (Å²) in [6.07, 6.45) is 5.04. The lowest BCUT2D eigenvalue weighted by Crippen LogP contribution is -2.51. The number of anilines is 1. The van der Waals surface area contributed by atoms with Crippen LogP contribution < -0.4 is 10.2 Å². The molecule has 1 unspecified atom stereocenters. The highest BCUT2D eigenvalue weighted by atomic mass is 16.2. The predicted octanol–water partition coefficient (Wildman–Crippen LogP) is 6.64. The first-order chi connectivity index (χ1) is 20.9. The molecule has 0 saturated carbocycles. The Balaban J connectivity index is 1.04. The van der Waals surface area contributed by atoms with Gasteiger partial charge in [0.05, 0.1) is 7.06 Å². The summed E-state index contributed by atoms with van der Waals surface area (Å²) in [5, 5.41) is 4.53. The number of nitrogens with one attached hydrogen (secondary N) is 1. The van der Waals surface area contributed by atoms with Gasteiger partial charge in [0.25, 0.3) is 5.91 Å². The molecule has 3 heterocycles. The lowest BCUT2D eigenvalue weighted by molar-refractivity contribution is -0.122. The fraction of sp³-hybridized carbons (Fsp3) is 0.297. The Morgan fingerprint density at radius 2 is 1.60 bits per heavy atom. The number of likely N-dealkylation sites (tertiary alicyclic amines) is 1. The SMILES string of the molecule is [2H]C1(N2C(=O)c3cccc4c(Cc5ccc(CC6CCN(Cc7ccccc7)CC6)cc5)ccc2c34)CCC(=C)NC1=O. The number of allylic oxidation sites excluding steroid dienone is 1. The van der Waals surface area contributed by atoms with Gasteiger partial charge in [-0.25, -0.2) is 0 Å². The molecule has 0 aromatic heterocycles. The smallest absolute Gasteiger partial charge is 0.259 e. The first kappa shape index (κ1) is 25.5. The molecule has 0 radical (unpaired) electrons. The predicted molar refractivity (Wildman–Crippen MR) is 168 cm³/mol. The first-order valence-corrected chi connectivity index (χ1v) is 15.1. The van der Waals surface area contributed by atoms with Crippen molar-refractivity contribution in [3.63, 3.8) is 0 Å². The van der Waals surface area contributed by atoms with Gasteiger partial charge in [-0.3, -0.25) is 19.4 Å². The second-order valence-corrected chi connectivity index (χ2v) is 12.0. The minimum Gasteiger partial charge on any atom is -0.329 e. The Morgan fingerprint density at radius 3 is 2.36 bits per heavy atom. The lowest BCUT2D eigenvalue weighted by Gasteiger charge is -2.32. The maximum Gasteiger partial charge on any atom is 0.259 e. The van der Waals surface area contributed by atoms with Crippen LogP contribution in [0.2, 0.25) is 0 Å². The van der Waals surface area contributed by atoms with E-state index in [1.54, 1.807) is 0 Å². The third-order valence-corrected chi connectivity index (χ3v) is 9.17. The molecule has 4 aromatic carbocycles. The number of carbonyl (C=O) groups excluding carboxylic acids is 2. The van der Waals surface area contributed by atoms with E-state index in [2.05, 4.69) is 71.4 Å². The quantitative estimate of drug-likeness (QED) is 0.278. The van der Waals surface area contributed by atoms with Crippen molar-refractivity contribution in [2.75, 3.05) is 18.0 Å². The molecule has 212 valence electrons. The van der Waals surface area contributed by atoms with Crippen molar-refractivity contribution < 1.29 is 11.0 Å². The van der Waals surface area contributed by atoms with Gasteiger partial charge in [0.1, 0.15) is 6.02 Å². The highest BCUT2D eigenvalue weighted by Gasteiger charge is 2.40. The van der Waals surface area contributed by atoms with Gasteiger partial charge in [-0.1, -0.05) is 79.4 Å². The molecule has 4 aromatic rings. The van der Waals surface area contributed by atoms with E-state index in [0.717, 1.165) is 54.7 Å². The number of hydrogen-bond acceptors (Lipinski definition) is 3. The maximum absolute atomic E-state index is 13.6. The molecule has 5 nitrogen and oxygen atoms in total. The Bertz CT molecular complexity index is 1710. The summed E-state index contributed by atoms with van der Waals surface area (Å²) < 4.78 is 9.03. The van der Waals surface area contributed by atoms with Crippen LogP contribution in [0.5, 0.6) is 0 Å². The number of hydrogen-bond donors (Lipinski definition) is 1. The molecular formula is C37H37N3O2. The minimum atomic E-state index is -1.69. The van der Waals surface area contributed by atoms with Gasteiger partial charge in [0.15, 0.2) is 0 Å². The standard InChI is InChI=1S/C37H37N3O2/c1-25-10-16-34(36(41)38-25)40-33-17-15-30(31-8-5-9-32(35(31)33)37(40)42)23-27-13-11-26(12-14-27)22-28-18-20-39(21-19-28)24-29-6-3-2-4-7-29/h2-9,11-15,17,28,34H,1,10,16,18-24H2,(H,38,41)/i34D. The van der Waals surface area contributed by atoms with Gasteiger partial charge >= 0.3 is 0 Å². The van der Waals surface area contributed by atoms with Gasteiger partial charge < -0.3 is 5.32 Å². The summed E-state index contributed by atoms with van der Waals surface area (Å²) >= 11 is 0. The van der Waals surface area contributed by atoms with Gasteiger partial charge in [-0.2, -0.15) is 0 Å². The van der Waals surface area contributed by atoms with Gasteiger partial charge in [0, 0.05) is 23.2 Å². The second kappa shape index (κ2) is 11.2. The van der Waals surface area contributed by atoms with E-state index in [1.165, 1.54) is 34.4 Å². The van der Waals surface area contributed by atoms with Crippen LogP contribution in [0.15, 0.2) is 97.2 Å². The summed E-state index contributed by atoms with van der Waals surface area (Å²) in [7, 11) is 0. The summed E-state index contributed by atoms with van der Waals surface area (Å²) in [4.78, 5) is 30.5. The van der Waals surface area contributed by atoms with Crippen molar-refractivity contribution in [2.24, 2.45) is 5.92 Å². The van der Waals surface area contributed by atoms with Crippen LogP contribution in [0.4, 0.5) is 5.69 Å². The lowest BCUT2D eigenvalue weighted by atomic mass is 9.89. The topological polar surface area (TPSA) is 52.7 Å². The molecule has 0 spiro atoms. The van der Waals surface area contributed by atoms with E-state index in [-0.39, 0.29) is 12.3 Å². The van der Waals surface area contributed by atoms with E-state index >= 15 is 0 Å². The van der Waals surface area contributed by atoms with Gasteiger partial charge in [0.2, 0.25) is 5.91 Å². The van der Waals surface area contributed by atoms with Gasteiger partial charge in [-0.05, 0) is 97.3 Å². The average Bonchev–Trinajstić information content (AvgIpc) is 3.32. The normalized spacial score (nSPS) is 21.6. The van der Waals surface area contributed by atoms with E-state index in [9.17, 15) is 9.59 Å². The average molecular weight is 557 g/mol. The van der Waals surface area contributed by atoms with Crippen LogP contribution in [0.3, 0.4) is 0 Å². The minimum absolute atomic E-state index is 0.222. The maximum atomic E-state index is 13.6. The first-order valence-electron chi connectivity index (χ1n) is 15.6. The molecule has 2 amide bonds. The van der Waals surface area contributed by atoms with Crippen LogP contribution in [-0.4, -0.2) is 35.8 Å². The zero-order valence-corrected chi connectivity index (χ0v) is 23.9. The number of piperidine rings is 2. The fourth-order valence-corrected chi connectivity index (χ4v) is 6.89. The molecule has 1 atom stereocenters. The molecular weight excluding hydrogens is 518 g/mol. The van der Waals surface area contributed by atoms with Crippen LogP contribution in [0, 0.1) is 5.92 Å². The molecule has 0 bridgehead atoms. The van der Waals surface area contributed by atoms with Crippen molar-refractivity contribution in [1.29, 1.82) is 0 Å². The Morgan fingerprint density at radius 1 is 0.833 bits per heavy atom. The number of benzene rings is 4. The number of amides is 2. The van der Waals surface area contributed by atoms with Crippen LogP contribution in [0.1, 0.15) is 59.7 Å². The van der Waals surface area contributed by atoms with Crippen LogP contribution in [-0.2, 0) is 24.2 Å². The summed E-state index contributed by atoms with van der Waals surface area (Å²) in [5.41, 5.74) is 6.93. The molecule has 42 heavy (non-hydrogen) atoms. The third kappa shape index (κ3) is 5.14. The molecule has 2 fully saturated rings. The third-order valence-electron chi connectivity index (χ3n) is 9.17. The van der Waals surface area contributed by atoms with Crippen LogP contribution in [0.25, 0.3) is 10.8 Å². The zero-order chi connectivity index (χ0) is 29.6. The molecule has 3 aliphatic rings. The molecule has 0 aliphatic carbocycles. The summed E-state index contributed by atoms with van der Waals surface area (Å²) in [6.45, 7) is 7.19. The van der Waals surface area contributed by atoms with E-state index in [4.69, 9.17) is 1.37 Å². The van der Waals surface area contributed by atoms with E-state index in [1.807, 2.05) is 30.3 Å². The van der Waals surface area contributed by atoms with E-state index in [0.29, 0.717) is 23.4 Å². The highest BCUT2D eigenvalue weighted by Crippen LogP contribution is 2.41. The van der Waals surface area contributed by atoms with Crippen LogP contribution >= 0.6 is 0 Å². The largest absolute Gasteiger partial charge is 0.329 e. The fourth-order valence-electron chi connectivity index (χ4n) is 6.89. The van der Waals surface area contributed by atoms with Crippen molar-refractivity contribution in [3.8, 4) is 0 Å². The molecule has 1 N–H and O–H groups in total. The Hall–Kier alpha value is -4.22. The number of nitrogens with zero attached hydrogens (tertiary/aromatic N) is 2. The van der Waals surface area contributed by atoms with E-state index < -0.39 is 11.9 Å². The summed E-state index contributed by atoms with van der Waals surface area (Å²) in [6, 6.07) is 27.8. The van der Waals surface area contributed by atoms with Gasteiger partial charge in [-0.15, -0.1) is 0 Å². The number of carbonyl (C=O) groups is 2. The zero-order valence-electron chi connectivity index (χ0n) is 24.9. The van der Waals surface area contributed by atoms with Crippen molar-refractivity contribution in [3.05, 3.63) is 125 Å². The Labute approximate surface area is 249 Å². The molecule has 2 saturated heterocycles. The van der Waals surface area contributed by atoms with Crippen molar-refractivity contribution >= 4 is 28.3 Å². The summed E-state index contributed by atoms with van der Waals surface area (Å²) in [5.74, 6) is -0.0647. The molecule has 7 rings (SSSR count). The second-order valence-electron chi connectivity index (χ2n) is 12.0. The molecule has 3 aliphatic heterocycles. The molecule has 5 heteroatoms. The number of rotatable bonds is 7. The van der Waals surface area contributed by atoms with Crippen molar-refractivity contribution in [2.45, 2.75) is 51.1 Å². The Kier molecular flexibility index (Phi) is 6.81.